The van der Waals surface area contributed by atoms with Crippen molar-refractivity contribution in [1.82, 2.24) is 16.0 Å². The predicted molar refractivity (Wildman–Crippen MR) is 190 cm³/mol. The first-order chi connectivity index (χ1) is 24.3. The monoisotopic (exact) mass is 685 g/mol. The van der Waals surface area contributed by atoms with Crippen molar-refractivity contribution in [2.45, 2.75) is 56.5 Å². The normalized spacial score (nSPS) is 13.7. The van der Waals surface area contributed by atoms with Gasteiger partial charge in [0.15, 0.2) is 0 Å². The number of hydrogen-bond acceptors (Lipinski definition) is 8. The van der Waals surface area contributed by atoms with Crippen LogP contribution in [0.5, 0.6) is 0 Å². The number of benzene rings is 3. The van der Waals surface area contributed by atoms with Crippen molar-refractivity contribution >= 4 is 23.9 Å². The molecule has 266 valence electrons. The molecule has 3 amide bonds. The highest BCUT2D eigenvalue weighted by atomic mass is 16.6. The van der Waals surface area contributed by atoms with E-state index >= 15 is 0 Å². The van der Waals surface area contributed by atoms with Gasteiger partial charge in [0.25, 0.3) is 0 Å². The average molecular weight is 686 g/mol. The molecular weight excluding hydrogens is 638 g/mol. The fourth-order valence-electron chi connectivity index (χ4n) is 5.26. The molecule has 0 unspecified atom stereocenters. The maximum Gasteiger partial charge on any atom is 0.408 e. The molecule has 0 bridgehead atoms. The van der Waals surface area contributed by atoms with Gasteiger partial charge in [-0.05, 0) is 36.0 Å². The zero-order valence-corrected chi connectivity index (χ0v) is 28.4. The number of aliphatic hydroxyl groups excluding tert-OH is 1. The van der Waals surface area contributed by atoms with Crippen molar-refractivity contribution in [2.24, 2.45) is 5.92 Å². The van der Waals surface area contributed by atoms with E-state index in [1.165, 1.54) is 13.2 Å². The Labute approximate surface area is 293 Å². The first kappa shape index (κ1) is 39.2. The summed E-state index contributed by atoms with van der Waals surface area (Å²) in [5.41, 5.74) is 2.29. The van der Waals surface area contributed by atoms with Crippen molar-refractivity contribution in [3.63, 3.8) is 0 Å². The molecule has 3 aromatic carbocycles. The average Bonchev–Trinajstić information content (AvgIpc) is 3.13. The smallest absolute Gasteiger partial charge is 0.408 e. The van der Waals surface area contributed by atoms with E-state index in [9.17, 15) is 24.3 Å². The summed E-state index contributed by atoms with van der Waals surface area (Å²) < 4.78 is 16.7. The highest BCUT2D eigenvalue weighted by molar-refractivity contribution is 5.86. The number of esters is 1. The fourth-order valence-corrected chi connectivity index (χ4v) is 5.26. The van der Waals surface area contributed by atoms with Gasteiger partial charge in [-0.3, -0.25) is 9.59 Å². The van der Waals surface area contributed by atoms with Crippen LogP contribution < -0.4 is 16.0 Å². The lowest BCUT2D eigenvalue weighted by atomic mass is 9.97. The maximum absolute atomic E-state index is 13.7. The number of nitrogens with one attached hydrogen (secondary N) is 3. The number of amides is 3. The first-order valence-corrected chi connectivity index (χ1v) is 16.5. The molecule has 0 aliphatic carbocycles. The molecule has 3 aromatic rings. The number of aliphatic hydroxyl groups is 1. The third-order valence-corrected chi connectivity index (χ3v) is 7.77. The quantitative estimate of drug-likeness (QED) is 0.0940. The summed E-state index contributed by atoms with van der Waals surface area (Å²) in [4.78, 5) is 53.0. The number of ether oxygens (including phenoxy) is 3. The van der Waals surface area contributed by atoms with Crippen LogP contribution >= 0.6 is 0 Å². The topological polar surface area (TPSA) is 152 Å². The number of carbonyl (C=O) groups is 4. The summed E-state index contributed by atoms with van der Waals surface area (Å²) in [5, 5.41) is 18.2. The molecule has 11 heteroatoms. The minimum atomic E-state index is -1.13. The Kier molecular flexibility index (Phi) is 17.0. The Morgan fingerprint density at radius 3 is 1.98 bits per heavy atom. The van der Waals surface area contributed by atoms with E-state index in [1.807, 2.05) is 48.5 Å². The fraction of sp³-hybridized carbons (Fsp3) is 0.333. The van der Waals surface area contributed by atoms with Crippen molar-refractivity contribution in [3.8, 4) is 0 Å². The van der Waals surface area contributed by atoms with E-state index in [1.54, 1.807) is 48.5 Å². The van der Waals surface area contributed by atoms with E-state index in [0.29, 0.717) is 12.0 Å². The molecule has 0 saturated carbocycles. The van der Waals surface area contributed by atoms with Crippen molar-refractivity contribution in [2.75, 3.05) is 20.3 Å². The lowest BCUT2D eigenvalue weighted by Crippen LogP contribution is -2.49. The summed E-state index contributed by atoms with van der Waals surface area (Å²) in [6.07, 6.45) is 1.67. The molecular formula is C39H47N3O8. The van der Waals surface area contributed by atoms with E-state index in [0.717, 1.165) is 11.1 Å². The second-order valence-corrected chi connectivity index (χ2v) is 11.7. The van der Waals surface area contributed by atoms with E-state index in [-0.39, 0.29) is 39.1 Å². The third-order valence-electron chi connectivity index (χ3n) is 7.77. The Morgan fingerprint density at radius 2 is 1.40 bits per heavy atom. The van der Waals surface area contributed by atoms with Gasteiger partial charge >= 0.3 is 12.1 Å². The summed E-state index contributed by atoms with van der Waals surface area (Å²) in [6.45, 7) is 7.14. The zero-order chi connectivity index (χ0) is 36.1. The lowest BCUT2D eigenvalue weighted by Gasteiger charge is -2.30. The number of hydrogen-bond donors (Lipinski definition) is 4. The SMILES string of the molecule is C=CC[C@@H](CC(=O)N[C@H](CO)Cc1ccccc1)C(=O)N[C@@H](COC)[C@@H](OC(=O)[C@@H](CC=C)NC(=O)OCc1ccccc1)c1ccccc1. The first-order valence-electron chi connectivity index (χ1n) is 16.5. The number of carbonyl (C=O) groups excluding carboxylic acids is 4. The van der Waals surface area contributed by atoms with Crippen LogP contribution in [0.4, 0.5) is 4.79 Å². The molecule has 0 aliphatic heterocycles. The number of methoxy groups -OCH3 is 1. The van der Waals surface area contributed by atoms with Crippen molar-refractivity contribution in [1.29, 1.82) is 0 Å². The van der Waals surface area contributed by atoms with Gasteiger partial charge in [0.2, 0.25) is 11.8 Å². The largest absolute Gasteiger partial charge is 0.454 e. The molecule has 50 heavy (non-hydrogen) atoms. The molecule has 0 aromatic heterocycles. The highest BCUT2D eigenvalue weighted by Gasteiger charge is 2.34. The molecule has 3 rings (SSSR count). The van der Waals surface area contributed by atoms with Gasteiger partial charge in [-0.25, -0.2) is 9.59 Å². The van der Waals surface area contributed by atoms with E-state index in [4.69, 9.17) is 14.2 Å². The minimum Gasteiger partial charge on any atom is -0.454 e. The summed E-state index contributed by atoms with van der Waals surface area (Å²) in [6, 6.07) is 24.8. The van der Waals surface area contributed by atoms with Crippen molar-refractivity contribution < 1.29 is 38.5 Å². The van der Waals surface area contributed by atoms with Crippen LogP contribution in [0.3, 0.4) is 0 Å². The second-order valence-electron chi connectivity index (χ2n) is 11.7. The van der Waals surface area contributed by atoms with Gasteiger partial charge in [0, 0.05) is 13.5 Å². The van der Waals surface area contributed by atoms with Gasteiger partial charge in [-0.1, -0.05) is 103 Å². The van der Waals surface area contributed by atoms with Crippen LogP contribution in [-0.2, 0) is 41.6 Å². The maximum atomic E-state index is 13.7. The second kappa shape index (κ2) is 21.7. The van der Waals surface area contributed by atoms with Gasteiger partial charge in [-0.15, -0.1) is 13.2 Å². The molecule has 0 heterocycles. The molecule has 0 aliphatic rings. The lowest BCUT2D eigenvalue weighted by molar-refractivity contribution is -0.155. The van der Waals surface area contributed by atoms with Gasteiger partial charge < -0.3 is 35.3 Å². The van der Waals surface area contributed by atoms with Gasteiger partial charge in [-0.2, -0.15) is 0 Å². The van der Waals surface area contributed by atoms with Crippen LogP contribution in [-0.4, -0.2) is 67.4 Å². The number of rotatable bonds is 21. The van der Waals surface area contributed by atoms with E-state index in [2.05, 4.69) is 29.1 Å². The standard InChI is InChI=1S/C39H47N3O8/c1-4-15-31(24-35(44)40-32(25-43)23-28-17-9-6-10-18-28)37(45)41-34(27-48-3)36(30-21-13-8-14-22-30)50-38(46)33(16-5-2)42-39(47)49-26-29-19-11-7-12-20-29/h4-14,17-22,31-34,36,43H,1-2,15-16,23-27H2,3H3,(H,40,44)(H,41,45)(H,42,47)/t31-,32-,33+,34-,36-/m0/s1. The third kappa shape index (κ3) is 13.3. The Balaban J connectivity index is 1.74. The summed E-state index contributed by atoms with van der Waals surface area (Å²) >= 11 is 0. The van der Waals surface area contributed by atoms with Crippen LogP contribution in [0.25, 0.3) is 0 Å². The predicted octanol–water partition coefficient (Wildman–Crippen LogP) is 4.58. The molecule has 0 spiro atoms. The van der Waals surface area contributed by atoms with Crippen LogP contribution in [0, 0.1) is 5.92 Å². The van der Waals surface area contributed by atoms with Crippen molar-refractivity contribution in [3.05, 3.63) is 133 Å². The van der Waals surface area contributed by atoms with Crippen LogP contribution in [0.15, 0.2) is 116 Å². The van der Waals surface area contributed by atoms with Gasteiger partial charge in [0.05, 0.1) is 31.2 Å². The van der Waals surface area contributed by atoms with Crippen LogP contribution in [0.1, 0.15) is 42.1 Å². The minimum absolute atomic E-state index is 0.00863. The van der Waals surface area contributed by atoms with Crippen LogP contribution in [0.2, 0.25) is 0 Å². The molecule has 4 N–H and O–H groups in total. The molecule has 0 fully saturated rings. The number of allylic oxidation sites excluding steroid dienone is 1. The Morgan fingerprint density at radius 1 is 0.800 bits per heavy atom. The Bertz CT molecular complexity index is 1500. The summed E-state index contributed by atoms with van der Waals surface area (Å²) in [5.74, 6) is -2.48. The molecule has 11 nitrogen and oxygen atoms in total. The Hall–Kier alpha value is -5.26. The molecule has 0 saturated heterocycles. The number of alkyl carbamates (subject to hydrolysis) is 1. The molecule has 5 atom stereocenters. The zero-order valence-electron chi connectivity index (χ0n) is 28.4. The summed E-state index contributed by atoms with van der Waals surface area (Å²) in [7, 11) is 1.45. The van der Waals surface area contributed by atoms with Gasteiger partial charge in [0.1, 0.15) is 18.8 Å². The van der Waals surface area contributed by atoms with E-state index < -0.39 is 54.0 Å². The highest BCUT2D eigenvalue weighted by Crippen LogP contribution is 2.24. The molecule has 0 radical (unpaired) electrons.